The highest BCUT2D eigenvalue weighted by Crippen LogP contribution is 2.30. The van der Waals surface area contributed by atoms with Crippen LogP contribution < -0.4 is 25.8 Å². The summed E-state index contributed by atoms with van der Waals surface area (Å²) in [5, 5.41) is 30.2. The van der Waals surface area contributed by atoms with Crippen LogP contribution in [0.1, 0.15) is 40.7 Å². The maximum Gasteiger partial charge on any atom is 0.347 e. The number of nitrogens with two attached hydrogens (primary N) is 1. The van der Waals surface area contributed by atoms with Crippen molar-refractivity contribution in [2.45, 2.75) is 38.1 Å². The molecule has 0 aliphatic carbocycles. The number of esters is 1. The van der Waals surface area contributed by atoms with Gasteiger partial charge in [-0.25, -0.2) is 9.59 Å². The third-order valence-electron chi connectivity index (χ3n) is 5.38. The average Bonchev–Trinajstić information content (AvgIpc) is 2.80. The van der Waals surface area contributed by atoms with Gasteiger partial charge in [0.2, 0.25) is 5.91 Å². The second-order valence-electron chi connectivity index (χ2n) is 8.04. The third kappa shape index (κ3) is 6.95. The van der Waals surface area contributed by atoms with Crippen LogP contribution in [0.5, 0.6) is 11.5 Å². The summed E-state index contributed by atoms with van der Waals surface area (Å²) in [6.07, 6.45) is 0.462. The number of anilines is 1. The van der Waals surface area contributed by atoms with Gasteiger partial charge in [-0.3, -0.25) is 15.0 Å². The molecule has 1 unspecified atom stereocenters. The second-order valence-corrected chi connectivity index (χ2v) is 8.04. The largest absolute Gasteiger partial charge is 0.493 e. The van der Waals surface area contributed by atoms with Gasteiger partial charge >= 0.3 is 17.9 Å². The number of hydrogen-bond donors (Lipinski definition) is 6. The van der Waals surface area contributed by atoms with Crippen molar-refractivity contribution in [3.8, 4) is 11.5 Å². The van der Waals surface area contributed by atoms with Crippen molar-refractivity contribution in [3.05, 3.63) is 53.1 Å². The maximum atomic E-state index is 12.9. The van der Waals surface area contributed by atoms with Gasteiger partial charge in [-0.2, -0.15) is 0 Å². The predicted molar refractivity (Wildman–Crippen MR) is 127 cm³/mol. The van der Waals surface area contributed by atoms with E-state index in [2.05, 4.69) is 10.6 Å². The molecule has 1 amide bonds. The van der Waals surface area contributed by atoms with E-state index >= 15 is 0 Å². The summed E-state index contributed by atoms with van der Waals surface area (Å²) in [7, 11) is 0. The molecule has 0 saturated heterocycles. The Morgan fingerprint density at radius 1 is 1.14 bits per heavy atom. The van der Waals surface area contributed by atoms with Crippen molar-refractivity contribution in [3.63, 3.8) is 0 Å². The Kier molecular flexibility index (Phi) is 8.44. The van der Waals surface area contributed by atoms with Gasteiger partial charge in [-0.15, -0.1) is 0 Å². The summed E-state index contributed by atoms with van der Waals surface area (Å²) in [5.41, 5.74) is 7.50. The summed E-state index contributed by atoms with van der Waals surface area (Å²) >= 11 is 0. The number of rotatable bonds is 8. The van der Waals surface area contributed by atoms with Crippen LogP contribution >= 0.6 is 0 Å². The summed E-state index contributed by atoms with van der Waals surface area (Å²) in [6.45, 7) is 0.285. The number of hydrogen-bond acceptors (Lipinski definition) is 7. The van der Waals surface area contributed by atoms with Crippen LogP contribution in [0, 0.1) is 5.41 Å². The summed E-state index contributed by atoms with van der Waals surface area (Å²) in [6, 6.07) is 8.24. The Labute approximate surface area is 205 Å². The van der Waals surface area contributed by atoms with Crippen molar-refractivity contribution in [1.82, 2.24) is 5.32 Å². The smallest absolute Gasteiger partial charge is 0.347 e. The fourth-order valence-electron chi connectivity index (χ4n) is 3.74. The van der Waals surface area contributed by atoms with Crippen molar-refractivity contribution >= 4 is 35.5 Å². The SMILES string of the molecule is N=C(N)Nc1ccc2c(c1)OCCCc1c(CCC(=O)NC(CC(=O)O)C(=O)O)cccc1OC2=O. The van der Waals surface area contributed by atoms with Gasteiger partial charge in [0, 0.05) is 18.2 Å². The first kappa shape index (κ1) is 26.0. The number of fused-ring (bicyclic) bond motifs is 2. The molecule has 1 atom stereocenters. The van der Waals surface area contributed by atoms with E-state index in [0.29, 0.717) is 24.3 Å². The molecule has 190 valence electrons. The van der Waals surface area contributed by atoms with Crippen molar-refractivity contribution in [1.29, 1.82) is 5.41 Å². The molecule has 2 aromatic rings. The molecule has 2 aromatic carbocycles. The zero-order valence-corrected chi connectivity index (χ0v) is 19.2. The number of amides is 1. The lowest BCUT2D eigenvalue weighted by atomic mass is 9.97. The molecule has 36 heavy (non-hydrogen) atoms. The Balaban J connectivity index is 1.76. The highest BCUT2D eigenvalue weighted by molar-refractivity contribution is 5.96. The number of carbonyl (C=O) groups excluding carboxylic acids is 2. The van der Waals surface area contributed by atoms with Crippen LogP contribution in [0.25, 0.3) is 0 Å². The molecule has 1 heterocycles. The van der Waals surface area contributed by atoms with E-state index in [0.717, 1.165) is 11.1 Å². The number of guanidine groups is 1. The third-order valence-corrected chi connectivity index (χ3v) is 5.38. The van der Waals surface area contributed by atoms with E-state index in [1.807, 2.05) is 0 Å². The fourth-order valence-corrected chi connectivity index (χ4v) is 3.74. The Bertz CT molecular complexity index is 1200. The van der Waals surface area contributed by atoms with Crippen LogP contribution in [-0.2, 0) is 27.2 Å². The number of benzene rings is 2. The molecule has 0 bridgehead atoms. The van der Waals surface area contributed by atoms with E-state index in [-0.39, 0.29) is 36.7 Å². The highest BCUT2D eigenvalue weighted by Gasteiger charge is 2.24. The standard InChI is InChI=1S/C24H26N4O8/c25-24(26)27-14-7-8-16-19(11-14)35-10-2-4-15-13(3-1-5-18(15)36-23(16)34)6-9-20(29)28-17(22(32)33)12-21(30)31/h1,3,5,7-8,11,17H,2,4,6,9-10,12H2,(H,28,29)(H,30,31)(H,32,33)(H4,25,26,27). The lowest BCUT2D eigenvalue weighted by Gasteiger charge is -2.19. The predicted octanol–water partition coefficient (Wildman–Crippen LogP) is 1.51. The number of carboxylic acids is 2. The summed E-state index contributed by atoms with van der Waals surface area (Å²) in [4.78, 5) is 47.2. The van der Waals surface area contributed by atoms with Crippen molar-refractivity contribution in [2.75, 3.05) is 11.9 Å². The summed E-state index contributed by atoms with van der Waals surface area (Å²) < 4.78 is 11.4. The monoisotopic (exact) mass is 498 g/mol. The molecule has 0 saturated carbocycles. The van der Waals surface area contributed by atoms with Gasteiger partial charge in [0.05, 0.1) is 13.0 Å². The average molecular weight is 498 g/mol. The van der Waals surface area contributed by atoms with E-state index in [9.17, 15) is 19.2 Å². The first-order valence-corrected chi connectivity index (χ1v) is 11.1. The molecule has 0 aromatic heterocycles. The second kappa shape index (κ2) is 11.7. The first-order valence-electron chi connectivity index (χ1n) is 11.1. The number of carbonyl (C=O) groups is 4. The minimum Gasteiger partial charge on any atom is -0.493 e. The quantitative estimate of drug-likeness (QED) is 0.134. The maximum absolute atomic E-state index is 12.9. The van der Waals surface area contributed by atoms with Crippen LogP contribution in [0.15, 0.2) is 36.4 Å². The van der Waals surface area contributed by atoms with Gasteiger partial charge in [-0.05, 0) is 48.6 Å². The Morgan fingerprint density at radius 3 is 2.61 bits per heavy atom. The van der Waals surface area contributed by atoms with E-state index in [4.69, 9.17) is 30.8 Å². The van der Waals surface area contributed by atoms with Crippen molar-refractivity contribution in [2.24, 2.45) is 5.73 Å². The van der Waals surface area contributed by atoms with Crippen LogP contribution in [-0.4, -0.2) is 52.6 Å². The molecule has 12 heteroatoms. The number of aliphatic carboxylic acids is 2. The zero-order valence-electron chi connectivity index (χ0n) is 19.2. The van der Waals surface area contributed by atoms with E-state index in [1.165, 1.54) is 6.07 Å². The number of carboxylic acid groups (broad SMARTS) is 2. The molecule has 1 aliphatic heterocycles. The lowest BCUT2D eigenvalue weighted by molar-refractivity contribution is -0.147. The lowest BCUT2D eigenvalue weighted by Crippen LogP contribution is -2.42. The molecular formula is C24H26N4O8. The molecule has 0 spiro atoms. The van der Waals surface area contributed by atoms with Gasteiger partial charge in [-0.1, -0.05) is 12.1 Å². The van der Waals surface area contributed by atoms with Crippen molar-refractivity contribution < 1.29 is 38.9 Å². The van der Waals surface area contributed by atoms with Crippen LogP contribution in [0.2, 0.25) is 0 Å². The van der Waals surface area contributed by atoms with E-state index in [1.54, 1.807) is 30.3 Å². The Morgan fingerprint density at radius 2 is 1.92 bits per heavy atom. The fraction of sp³-hybridized carbons (Fsp3) is 0.292. The molecule has 0 radical (unpaired) electrons. The van der Waals surface area contributed by atoms with Gasteiger partial charge in [0.15, 0.2) is 5.96 Å². The minimum absolute atomic E-state index is 0.0843. The van der Waals surface area contributed by atoms with Gasteiger partial charge in [0.25, 0.3) is 0 Å². The normalized spacial score (nSPS) is 13.6. The van der Waals surface area contributed by atoms with Gasteiger partial charge in [0.1, 0.15) is 23.1 Å². The number of nitrogens with one attached hydrogen (secondary N) is 3. The molecule has 7 N–H and O–H groups in total. The number of aryl methyl sites for hydroxylation is 1. The van der Waals surface area contributed by atoms with Gasteiger partial charge < -0.3 is 36.1 Å². The molecule has 12 nitrogen and oxygen atoms in total. The molecule has 3 rings (SSSR count). The number of ether oxygens (including phenoxy) is 2. The molecular weight excluding hydrogens is 472 g/mol. The zero-order chi connectivity index (χ0) is 26.2. The topological polar surface area (TPSA) is 201 Å². The first-order chi connectivity index (χ1) is 17.1. The van der Waals surface area contributed by atoms with E-state index < -0.39 is 36.3 Å². The highest BCUT2D eigenvalue weighted by atomic mass is 16.5. The van der Waals surface area contributed by atoms with Crippen LogP contribution in [0.3, 0.4) is 0 Å². The molecule has 0 fully saturated rings. The summed E-state index contributed by atoms with van der Waals surface area (Å²) in [5.74, 6) is -3.65. The van der Waals surface area contributed by atoms with Crippen LogP contribution in [0.4, 0.5) is 5.69 Å². The Hall–Kier alpha value is -4.61. The minimum atomic E-state index is -1.53. The molecule has 1 aliphatic rings.